The largest absolute Gasteiger partial charge is 0.373 e. The van der Waals surface area contributed by atoms with Gasteiger partial charge in [-0.15, -0.1) is 0 Å². The molecule has 0 spiro atoms. The van der Waals surface area contributed by atoms with Crippen molar-refractivity contribution in [3.8, 4) is 5.69 Å². The minimum Gasteiger partial charge on any atom is -0.373 e. The Labute approximate surface area is 139 Å². The molecule has 1 aromatic carbocycles. The molecule has 0 saturated carbocycles. The number of unbranched alkanes of at least 4 members (excludes halogenated alkanes) is 1. The zero-order valence-corrected chi connectivity index (χ0v) is 14.6. The first-order chi connectivity index (χ1) is 11.2. The van der Waals surface area contributed by atoms with Gasteiger partial charge in [0.15, 0.2) is 0 Å². The predicted octanol–water partition coefficient (Wildman–Crippen LogP) is 5.37. The molecule has 3 heteroatoms. The van der Waals surface area contributed by atoms with Crippen LogP contribution in [-0.4, -0.2) is 16.8 Å². The third kappa shape index (κ3) is 3.92. The maximum absolute atomic E-state index is 4.89. The second-order valence-electron chi connectivity index (χ2n) is 5.58. The van der Waals surface area contributed by atoms with Crippen LogP contribution in [0, 0.1) is 6.92 Å². The highest BCUT2D eigenvalue weighted by atomic mass is 15.3. The molecule has 0 atom stereocenters. The highest BCUT2D eigenvalue weighted by Crippen LogP contribution is 2.28. The van der Waals surface area contributed by atoms with E-state index in [9.17, 15) is 0 Å². The molecule has 23 heavy (non-hydrogen) atoms. The van der Waals surface area contributed by atoms with E-state index in [4.69, 9.17) is 5.10 Å². The van der Waals surface area contributed by atoms with Crippen LogP contribution in [-0.2, 0) is 0 Å². The molecule has 0 aliphatic heterocycles. The van der Waals surface area contributed by atoms with Gasteiger partial charge in [-0.1, -0.05) is 56.7 Å². The third-order valence-electron chi connectivity index (χ3n) is 3.82. The lowest BCUT2D eigenvalue weighted by atomic mass is 10.1. The summed E-state index contributed by atoms with van der Waals surface area (Å²) in [4.78, 5) is 0. The highest BCUT2D eigenvalue weighted by molar-refractivity contribution is 5.76. The smallest absolute Gasteiger partial charge is 0.133 e. The van der Waals surface area contributed by atoms with E-state index in [1.165, 1.54) is 11.1 Å². The van der Waals surface area contributed by atoms with E-state index in [-0.39, 0.29) is 0 Å². The zero-order valence-electron chi connectivity index (χ0n) is 14.6. The molecule has 0 bridgehead atoms. The number of anilines is 1. The Morgan fingerprint density at radius 1 is 1.22 bits per heavy atom. The monoisotopic (exact) mass is 309 g/mol. The molecule has 0 unspecified atom stereocenters. The van der Waals surface area contributed by atoms with Crippen molar-refractivity contribution in [3.63, 3.8) is 0 Å². The molecular formula is C20H27N3. The van der Waals surface area contributed by atoms with E-state index in [0.717, 1.165) is 36.5 Å². The molecular weight excluding hydrogens is 282 g/mol. The van der Waals surface area contributed by atoms with Crippen molar-refractivity contribution in [1.82, 2.24) is 9.78 Å². The van der Waals surface area contributed by atoms with Crippen LogP contribution >= 0.6 is 0 Å². The Morgan fingerprint density at radius 2 is 1.96 bits per heavy atom. The highest BCUT2D eigenvalue weighted by Gasteiger charge is 2.16. The number of benzene rings is 1. The number of allylic oxidation sites excluding steroid dienone is 4. The summed E-state index contributed by atoms with van der Waals surface area (Å²) in [6.45, 7) is 6.49. The van der Waals surface area contributed by atoms with Crippen molar-refractivity contribution in [2.45, 2.75) is 40.0 Å². The SMILES string of the molecule is CC/C=C\C(=C/CCC)c1nn(-c2ccccc2)c(NC)c1C. The van der Waals surface area contributed by atoms with Crippen LogP contribution in [0.1, 0.15) is 44.4 Å². The molecule has 1 N–H and O–H groups in total. The van der Waals surface area contributed by atoms with Crippen LogP contribution in [0.5, 0.6) is 0 Å². The van der Waals surface area contributed by atoms with Gasteiger partial charge < -0.3 is 5.32 Å². The van der Waals surface area contributed by atoms with Crippen molar-refractivity contribution in [3.05, 3.63) is 59.8 Å². The predicted molar refractivity (Wildman–Crippen MR) is 100 cm³/mol. The fourth-order valence-corrected chi connectivity index (χ4v) is 2.61. The fourth-order valence-electron chi connectivity index (χ4n) is 2.61. The molecule has 0 fully saturated rings. The Balaban J connectivity index is 2.54. The van der Waals surface area contributed by atoms with Crippen LogP contribution in [0.15, 0.2) is 48.6 Å². The van der Waals surface area contributed by atoms with E-state index in [1.807, 2.05) is 29.9 Å². The Kier molecular flexibility index (Phi) is 6.21. The zero-order chi connectivity index (χ0) is 16.7. The van der Waals surface area contributed by atoms with Crippen molar-refractivity contribution >= 4 is 11.4 Å². The van der Waals surface area contributed by atoms with Gasteiger partial charge in [0.25, 0.3) is 0 Å². The summed E-state index contributed by atoms with van der Waals surface area (Å²) < 4.78 is 1.99. The summed E-state index contributed by atoms with van der Waals surface area (Å²) >= 11 is 0. The molecule has 0 aliphatic rings. The maximum atomic E-state index is 4.89. The van der Waals surface area contributed by atoms with Crippen LogP contribution in [0.2, 0.25) is 0 Å². The standard InChI is InChI=1S/C20H27N3/c1-5-7-12-17(13-8-6-2)19-16(3)20(21-4)23(22-19)18-14-10-9-11-15-18/h7,9-15,21H,5-6,8H2,1-4H3/b12-7-,17-13+. The number of nitrogens with one attached hydrogen (secondary N) is 1. The van der Waals surface area contributed by atoms with Crippen LogP contribution in [0.25, 0.3) is 11.3 Å². The Morgan fingerprint density at radius 3 is 2.57 bits per heavy atom. The van der Waals surface area contributed by atoms with E-state index in [2.05, 4.69) is 56.4 Å². The van der Waals surface area contributed by atoms with E-state index in [1.54, 1.807) is 0 Å². The normalized spacial score (nSPS) is 12.1. The number of aromatic nitrogens is 2. The summed E-state index contributed by atoms with van der Waals surface area (Å²) in [6.07, 6.45) is 9.91. The number of hydrogen-bond acceptors (Lipinski definition) is 2. The summed E-state index contributed by atoms with van der Waals surface area (Å²) in [5, 5.41) is 8.19. The molecule has 1 heterocycles. The average molecular weight is 309 g/mol. The summed E-state index contributed by atoms with van der Waals surface area (Å²) in [5.74, 6) is 1.04. The summed E-state index contributed by atoms with van der Waals surface area (Å²) in [5.41, 5.74) is 4.51. The first-order valence-electron chi connectivity index (χ1n) is 8.42. The quantitative estimate of drug-likeness (QED) is 0.697. The number of para-hydroxylation sites is 1. The molecule has 2 rings (SSSR count). The van der Waals surface area contributed by atoms with Gasteiger partial charge in [0.1, 0.15) is 5.82 Å². The first kappa shape index (κ1) is 17.1. The van der Waals surface area contributed by atoms with Gasteiger partial charge in [-0.2, -0.15) is 5.10 Å². The summed E-state index contributed by atoms with van der Waals surface area (Å²) in [6, 6.07) is 10.3. The van der Waals surface area contributed by atoms with Crippen molar-refractivity contribution in [1.29, 1.82) is 0 Å². The number of nitrogens with zero attached hydrogens (tertiary/aromatic N) is 2. The molecule has 0 saturated heterocycles. The van der Waals surface area contributed by atoms with Crippen molar-refractivity contribution in [2.24, 2.45) is 0 Å². The van der Waals surface area contributed by atoms with Gasteiger partial charge in [-0.05, 0) is 37.5 Å². The topological polar surface area (TPSA) is 29.9 Å². The molecule has 0 aliphatic carbocycles. The van der Waals surface area contributed by atoms with E-state index < -0.39 is 0 Å². The minimum atomic E-state index is 1.03. The molecule has 122 valence electrons. The average Bonchev–Trinajstić information content (AvgIpc) is 2.92. The fraction of sp³-hybridized carbons (Fsp3) is 0.350. The number of rotatable bonds is 7. The number of hydrogen-bond donors (Lipinski definition) is 1. The maximum Gasteiger partial charge on any atom is 0.133 e. The van der Waals surface area contributed by atoms with Gasteiger partial charge >= 0.3 is 0 Å². The van der Waals surface area contributed by atoms with Gasteiger partial charge in [0.05, 0.1) is 11.4 Å². The van der Waals surface area contributed by atoms with Gasteiger partial charge in [-0.3, -0.25) is 0 Å². The Hall–Kier alpha value is -2.29. The molecule has 2 aromatic rings. The summed E-state index contributed by atoms with van der Waals surface area (Å²) in [7, 11) is 1.95. The first-order valence-corrected chi connectivity index (χ1v) is 8.42. The lowest BCUT2D eigenvalue weighted by Crippen LogP contribution is -2.02. The minimum absolute atomic E-state index is 1.03. The lowest BCUT2D eigenvalue weighted by Gasteiger charge is -2.06. The third-order valence-corrected chi connectivity index (χ3v) is 3.82. The van der Waals surface area contributed by atoms with Crippen LogP contribution < -0.4 is 5.32 Å². The van der Waals surface area contributed by atoms with Gasteiger partial charge in [-0.25, -0.2) is 4.68 Å². The molecule has 1 aromatic heterocycles. The van der Waals surface area contributed by atoms with Crippen LogP contribution in [0.3, 0.4) is 0 Å². The van der Waals surface area contributed by atoms with E-state index in [0.29, 0.717) is 0 Å². The van der Waals surface area contributed by atoms with Crippen molar-refractivity contribution < 1.29 is 0 Å². The van der Waals surface area contributed by atoms with Gasteiger partial charge in [0.2, 0.25) is 0 Å². The Bertz CT molecular complexity index is 678. The molecule has 0 radical (unpaired) electrons. The second-order valence-corrected chi connectivity index (χ2v) is 5.58. The van der Waals surface area contributed by atoms with Crippen molar-refractivity contribution in [2.75, 3.05) is 12.4 Å². The van der Waals surface area contributed by atoms with Gasteiger partial charge in [0, 0.05) is 12.6 Å². The van der Waals surface area contributed by atoms with E-state index >= 15 is 0 Å². The molecule has 0 amide bonds. The lowest BCUT2D eigenvalue weighted by molar-refractivity contribution is 0.877. The second kappa shape index (κ2) is 8.37. The van der Waals surface area contributed by atoms with Crippen LogP contribution in [0.4, 0.5) is 5.82 Å². The molecule has 3 nitrogen and oxygen atoms in total.